The second-order valence-electron chi connectivity index (χ2n) is 4.08. The fourth-order valence-corrected chi connectivity index (χ4v) is 1.93. The highest BCUT2D eigenvalue weighted by molar-refractivity contribution is 6.30. The fourth-order valence-electron chi connectivity index (χ4n) is 1.74. The van der Waals surface area contributed by atoms with Crippen LogP contribution in [0.25, 0.3) is 0 Å². The highest BCUT2D eigenvalue weighted by atomic mass is 35.5. The van der Waals surface area contributed by atoms with Gasteiger partial charge in [0.25, 0.3) is 5.91 Å². The van der Waals surface area contributed by atoms with E-state index in [2.05, 4.69) is 5.32 Å². The molecule has 1 aliphatic heterocycles. The quantitative estimate of drug-likeness (QED) is 0.912. The third-order valence-corrected chi connectivity index (χ3v) is 2.88. The Hall–Kier alpha value is -1.10. The van der Waals surface area contributed by atoms with Crippen LogP contribution in [-0.2, 0) is 9.47 Å². The molecule has 18 heavy (non-hydrogen) atoms. The van der Waals surface area contributed by atoms with Crippen LogP contribution < -0.4 is 5.32 Å². The Morgan fingerprint density at radius 3 is 2.89 bits per heavy atom. The Labute approximate surface area is 111 Å². The molecule has 98 valence electrons. The van der Waals surface area contributed by atoms with Crippen molar-refractivity contribution in [1.82, 2.24) is 5.32 Å². The van der Waals surface area contributed by atoms with Crippen molar-refractivity contribution >= 4 is 17.5 Å². The number of benzene rings is 1. The number of rotatable bonds is 4. The average molecular weight is 270 g/mol. The first-order valence-electron chi connectivity index (χ1n) is 6.03. The number of nitrogens with one attached hydrogen (secondary N) is 1. The second kappa shape index (κ2) is 6.73. The molecular weight excluding hydrogens is 254 g/mol. The largest absolute Gasteiger partial charge is 0.353 e. The number of carbonyl (C=O) groups excluding carboxylic acids is 1. The van der Waals surface area contributed by atoms with Crippen LogP contribution in [0, 0.1) is 0 Å². The molecule has 1 fully saturated rings. The van der Waals surface area contributed by atoms with Gasteiger partial charge in [-0.15, -0.1) is 0 Å². The molecule has 0 aromatic heterocycles. The zero-order valence-corrected chi connectivity index (χ0v) is 10.8. The maximum Gasteiger partial charge on any atom is 0.251 e. The maximum atomic E-state index is 11.8. The van der Waals surface area contributed by atoms with Crippen LogP contribution in [0.1, 0.15) is 23.2 Å². The summed E-state index contributed by atoms with van der Waals surface area (Å²) in [5, 5.41) is 3.37. The summed E-state index contributed by atoms with van der Waals surface area (Å²) in [6.45, 7) is 1.98. The van der Waals surface area contributed by atoms with Crippen molar-refractivity contribution in [2.75, 3.05) is 19.8 Å². The van der Waals surface area contributed by atoms with Gasteiger partial charge in [0.1, 0.15) is 0 Å². The smallest absolute Gasteiger partial charge is 0.251 e. The predicted octanol–water partition coefficient (Wildman–Crippen LogP) is 2.22. The van der Waals surface area contributed by atoms with Crippen molar-refractivity contribution in [2.45, 2.75) is 19.1 Å². The molecule has 1 aliphatic rings. The molecule has 0 saturated carbocycles. The number of carbonyl (C=O) groups is 1. The SMILES string of the molecule is O=C(NCCC1OCCCO1)c1cccc(Cl)c1. The van der Waals surface area contributed by atoms with E-state index in [0.29, 0.717) is 23.6 Å². The summed E-state index contributed by atoms with van der Waals surface area (Å²) in [7, 11) is 0. The van der Waals surface area contributed by atoms with E-state index in [9.17, 15) is 4.79 Å². The van der Waals surface area contributed by atoms with Crippen molar-refractivity contribution in [1.29, 1.82) is 0 Å². The standard InChI is InChI=1S/C13H16ClNO3/c14-11-4-1-3-10(9-11)13(16)15-6-5-12-17-7-2-8-18-12/h1,3-4,9,12H,2,5-8H2,(H,15,16). The van der Waals surface area contributed by atoms with Crippen molar-refractivity contribution in [3.05, 3.63) is 34.9 Å². The summed E-state index contributed by atoms with van der Waals surface area (Å²) < 4.78 is 10.8. The minimum atomic E-state index is -0.196. The van der Waals surface area contributed by atoms with Crippen LogP contribution in [-0.4, -0.2) is 32.0 Å². The lowest BCUT2D eigenvalue weighted by Crippen LogP contribution is -2.31. The number of hydrogen-bond donors (Lipinski definition) is 1. The van der Waals surface area contributed by atoms with Gasteiger partial charge < -0.3 is 14.8 Å². The second-order valence-corrected chi connectivity index (χ2v) is 4.52. The molecule has 0 bridgehead atoms. The number of hydrogen-bond acceptors (Lipinski definition) is 3. The molecule has 1 N–H and O–H groups in total. The number of amides is 1. The first-order valence-corrected chi connectivity index (χ1v) is 6.40. The van der Waals surface area contributed by atoms with Gasteiger partial charge in [-0.05, 0) is 24.6 Å². The summed E-state index contributed by atoms with van der Waals surface area (Å²) >= 11 is 5.82. The number of ether oxygens (including phenoxy) is 2. The molecule has 0 radical (unpaired) electrons. The Morgan fingerprint density at radius 1 is 1.39 bits per heavy atom. The molecular formula is C13H16ClNO3. The highest BCUT2D eigenvalue weighted by Crippen LogP contribution is 2.11. The monoisotopic (exact) mass is 269 g/mol. The summed E-state index contributed by atoms with van der Waals surface area (Å²) in [6.07, 6.45) is 1.40. The van der Waals surface area contributed by atoms with Crippen LogP contribution in [0.4, 0.5) is 0 Å². The lowest BCUT2D eigenvalue weighted by molar-refractivity contribution is -0.180. The zero-order valence-electron chi connectivity index (χ0n) is 10.0. The van der Waals surface area contributed by atoms with Crippen LogP contribution in [0.5, 0.6) is 0 Å². The molecule has 4 nitrogen and oxygen atoms in total. The zero-order chi connectivity index (χ0) is 12.8. The topological polar surface area (TPSA) is 47.6 Å². The van der Waals surface area contributed by atoms with Gasteiger partial charge in [-0.2, -0.15) is 0 Å². The van der Waals surface area contributed by atoms with E-state index in [0.717, 1.165) is 19.6 Å². The predicted molar refractivity (Wildman–Crippen MR) is 68.7 cm³/mol. The van der Waals surface area contributed by atoms with Crippen molar-refractivity contribution in [2.24, 2.45) is 0 Å². The summed E-state index contributed by atoms with van der Waals surface area (Å²) in [6, 6.07) is 6.87. The molecule has 0 unspecified atom stereocenters. The average Bonchev–Trinajstić information content (AvgIpc) is 2.40. The van der Waals surface area contributed by atoms with E-state index in [1.807, 2.05) is 0 Å². The van der Waals surface area contributed by atoms with Gasteiger partial charge in [-0.25, -0.2) is 0 Å². The molecule has 1 aromatic carbocycles. The van der Waals surface area contributed by atoms with E-state index >= 15 is 0 Å². The maximum absolute atomic E-state index is 11.8. The lowest BCUT2D eigenvalue weighted by atomic mass is 10.2. The molecule has 2 rings (SSSR count). The van der Waals surface area contributed by atoms with Crippen LogP contribution in [0.3, 0.4) is 0 Å². The molecule has 0 aliphatic carbocycles. The Kier molecular flexibility index (Phi) is 4.99. The fraction of sp³-hybridized carbons (Fsp3) is 0.462. The molecule has 0 atom stereocenters. The molecule has 1 saturated heterocycles. The Balaban J connectivity index is 1.74. The van der Waals surface area contributed by atoms with E-state index in [1.54, 1.807) is 24.3 Å². The summed E-state index contributed by atoms with van der Waals surface area (Å²) in [4.78, 5) is 11.8. The van der Waals surface area contributed by atoms with Gasteiger partial charge in [-0.3, -0.25) is 4.79 Å². The van der Waals surface area contributed by atoms with Crippen molar-refractivity contribution in [3.8, 4) is 0 Å². The van der Waals surface area contributed by atoms with Gasteiger partial charge in [-0.1, -0.05) is 17.7 Å². The third kappa shape index (κ3) is 3.98. The number of halogens is 1. The lowest BCUT2D eigenvalue weighted by Gasteiger charge is -2.23. The first-order chi connectivity index (χ1) is 8.75. The molecule has 1 amide bonds. The van der Waals surface area contributed by atoms with Crippen LogP contribution in [0.15, 0.2) is 24.3 Å². The molecule has 1 heterocycles. The van der Waals surface area contributed by atoms with Crippen molar-refractivity contribution in [3.63, 3.8) is 0 Å². The minimum absolute atomic E-state index is 0.131. The van der Waals surface area contributed by atoms with Crippen molar-refractivity contribution < 1.29 is 14.3 Å². The summed E-state index contributed by atoms with van der Waals surface area (Å²) in [5.41, 5.74) is 0.563. The molecule has 5 heteroatoms. The van der Waals surface area contributed by atoms with E-state index in [-0.39, 0.29) is 12.2 Å². The van der Waals surface area contributed by atoms with Gasteiger partial charge in [0.05, 0.1) is 13.2 Å². The third-order valence-electron chi connectivity index (χ3n) is 2.65. The highest BCUT2D eigenvalue weighted by Gasteiger charge is 2.14. The van der Waals surface area contributed by atoms with Crippen LogP contribution in [0.2, 0.25) is 5.02 Å². The van der Waals surface area contributed by atoms with Gasteiger partial charge in [0.2, 0.25) is 0 Å². The normalized spacial score (nSPS) is 16.5. The first kappa shape index (κ1) is 13.3. The summed E-state index contributed by atoms with van der Waals surface area (Å²) in [5.74, 6) is -0.131. The van der Waals surface area contributed by atoms with E-state index < -0.39 is 0 Å². The molecule has 1 aromatic rings. The van der Waals surface area contributed by atoms with Gasteiger partial charge >= 0.3 is 0 Å². The van der Waals surface area contributed by atoms with E-state index in [1.165, 1.54) is 0 Å². The Bertz CT molecular complexity index is 405. The minimum Gasteiger partial charge on any atom is -0.353 e. The van der Waals surface area contributed by atoms with Gasteiger partial charge in [0.15, 0.2) is 6.29 Å². The van der Waals surface area contributed by atoms with E-state index in [4.69, 9.17) is 21.1 Å². The molecule has 0 spiro atoms. The Morgan fingerprint density at radius 2 is 2.17 bits per heavy atom. The van der Waals surface area contributed by atoms with Crippen LogP contribution >= 0.6 is 11.6 Å². The van der Waals surface area contributed by atoms with Gasteiger partial charge in [0, 0.05) is 23.6 Å².